The average molecular weight is 348 g/mol. The van der Waals surface area contributed by atoms with E-state index in [1.165, 1.54) is 0 Å². The summed E-state index contributed by atoms with van der Waals surface area (Å²) in [5.41, 5.74) is 8.05. The van der Waals surface area contributed by atoms with Gasteiger partial charge in [-0.25, -0.2) is 4.68 Å². The third-order valence-corrected chi connectivity index (χ3v) is 3.92. The third-order valence-electron chi connectivity index (χ3n) is 2.34. The van der Waals surface area contributed by atoms with Crippen molar-refractivity contribution < 1.29 is 0 Å². The number of nitrogens with two attached hydrogens (primary N) is 1. The van der Waals surface area contributed by atoms with Gasteiger partial charge in [-0.2, -0.15) is 5.10 Å². The van der Waals surface area contributed by atoms with Crippen LogP contribution in [0.1, 0.15) is 11.3 Å². The van der Waals surface area contributed by atoms with Crippen LogP contribution in [0.2, 0.25) is 5.02 Å². The van der Waals surface area contributed by atoms with Gasteiger partial charge < -0.3 is 5.73 Å². The summed E-state index contributed by atoms with van der Waals surface area (Å²) in [7, 11) is 0. The Morgan fingerprint density at radius 2 is 2.00 bits per heavy atom. The van der Waals surface area contributed by atoms with Crippen LogP contribution in [0, 0.1) is 10.5 Å². The van der Waals surface area contributed by atoms with Crippen molar-refractivity contribution in [1.29, 1.82) is 0 Å². The van der Waals surface area contributed by atoms with Crippen LogP contribution in [0.15, 0.2) is 24.3 Å². The zero-order valence-electron chi connectivity index (χ0n) is 8.74. The van der Waals surface area contributed by atoms with Crippen LogP contribution in [0.3, 0.4) is 0 Å². The first-order valence-electron chi connectivity index (χ1n) is 4.81. The summed E-state index contributed by atoms with van der Waals surface area (Å²) >= 11 is 8.04. The Kier molecular flexibility index (Phi) is 3.39. The predicted molar refractivity (Wildman–Crippen MR) is 74.6 cm³/mol. The molecule has 0 amide bonds. The van der Waals surface area contributed by atoms with Gasteiger partial charge in [0.05, 0.1) is 15.8 Å². The fraction of sp³-hybridized carbons (Fsp3) is 0.182. The summed E-state index contributed by atoms with van der Waals surface area (Å²) in [6.07, 6.45) is 0. The Morgan fingerprint density at radius 3 is 2.50 bits per heavy atom. The molecule has 0 saturated carbocycles. The first kappa shape index (κ1) is 11.7. The molecule has 2 N–H and O–H groups in total. The number of halogens is 2. The van der Waals surface area contributed by atoms with Gasteiger partial charge in [0.2, 0.25) is 0 Å². The zero-order valence-corrected chi connectivity index (χ0v) is 11.7. The summed E-state index contributed by atoms with van der Waals surface area (Å²) in [5.74, 6) is 0.716. The van der Waals surface area contributed by atoms with Crippen molar-refractivity contribution in [2.45, 2.75) is 13.5 Å². The van der Waals surface area contributed by atoms with Crippen molar-refractivity contribution >= 4 is 40.0 Å². The smallest absolute Gasteiger partial charge is 0.135 e. The number of rotatable bonds is 2. The normalized spacial score (nSPS) is 10.7. The second-order valence-electron chi connectivity index (χ2n) is 3.57. The lowest BCUT2D eigenvalue weighted by atomic mass is 10.2. The summed E-state index contributed by atoms with van der Waals surface area (Å²) < 4.78 is 2.83. The molecule has 0 unspecified atom stereocenters. The predicted octanol–water partition coefficient (Wildman–Crippen LogP) is 3.08. The van der Waals surface area contributed by atoms with E-state index in [2.05, 4.69) is 27.7 Å². The molecule has 2 aromatic rings. The van der Waals surface area contributed by atoms with Crippen LogP contribution in [0.25, 0.3) is 0 Å². The van der Waals surface area contributed by atoms with Crippen molar-refractivity contribution in [3.8, 4) is 0 Å². The van der Waals surface area contributed by atoms with Gasteiger partial charge >= 0.3 is 0 Å². The van der Waals surface area contributed by atoms with Crippen molar-refractivity contribution in [3.05, 3.63) is 44.1 Å². The Labute approximate surface area is 113 Å². The largest absolute Gasteiger partial charge is 0.383 e. The highest BCUT2D eigenvalue weighted by Crippen LogP contribution is 2.19. The fourth-order valence-corrected chi connectivity index (χ4v) is 1.97. The maximum Gasteiger partial charge on any atom is 0.135 e. The molecular formula is C11H11ClIN3. The van der Waals surface area contributed by atoms with Gasteiger partial charge in [0.25, 0.3) is 0 Å². The minimum absolute atomic E-state index is 0.673. The van der Waals surface area contributed by atoms with Crippen molar-refractivity contribution in [3.63, 3.8) is 0 Å². The molecule has 0 fully saturated rings. The van der Waals surface area contributed by atoms with E-state index in [0.717, 1.165) is 19.9 Å². The van der Waals surface area contributed by atoms with E-state index in [0.29, 0.717) is 12.4 Å². The van der Waals surface area contributed by atoms with Crippen LogP contribution in [0.5, 0.6) is 0 Å². The van der Waals surface area contributed by atoms with Gasteiger partial charge in [-0.3, -0.25) is 0 Å². The van der Waals surface area contributed by atoms with Gasteiger partial charge in [-0.15, -0.1) is 0 Å². The van der Waals surface area contributed by atoms with Gasteiger partial charge in [0, 0.05) is 5.02 Å². The molecule has 0 aliphatic rings. The third kappa shape index (κ3) is 2.32. The number of hydrogen-bond acceptors (Lipinski definition) is 2. The average Bonchev–Trinajstić information content (AvgIpc) is 2.50. The molecule has 1 aromatic heterocycles. The van der Waals surface area contributed by atoms with E-state index < -0.39 is 0 Å². The van der Waals surface area contributed by atoms with E-state index in [1.807, 2.05) is 31.2 Å². The number of hydrogen-bond donors (Lipinski definition) is 1. The SMILES string of the molecule is Cc1nn(Cc2ccc(Cl)cc2)c(N)c1I. The lowest BCUT2D eigenvalue weighted by molar-refractivity contribution is 0.689. The number of aromatic nitrogens is 2. The molecule has 0 aliphatic carbocycles. The van der Waals surface area contributed by atoms with Crippen LogP contribution in [-0.4, -0.2) is 9.78 Å². The molecule has 0 atom stereocenters. The lowest BCUT2D eigenvalue weighted by Gasteiger charge is -2.04. The Hall–Kier alpha value is -0.750. The molecule has 0 spiro atoms. The van der Waals surface area contributed by atoms with E-state index in [9.17, 15) is 0 Å². The van der Waals surface area contributed by atoms with Crippen molar-refractivity contribution in [2.75, 3.05) is 5.73 Å². The molecule has 5 heteroatoms. The molecule has 0 saturated heterocycles. The molecule has 0 radical (unpaired) electrons. The molecule has 2 rings (SSSR count). The van der Waals surface area contributed by atoms with Crippen molar-refractivity contribution in [2.24, 2.45) is 0 Å². The monoisotopic (exact) mass is 347 g/mol. The number of nitrogens with zero attached hydrogens (tertiary/aromatic N) is 2. The number of anilines is 1. The van der Waals surface area contributed by atoms with E-state index >= 15 is 0 Å². The zero-order chi connectivity index (χ0) is 11.7. The summed E-state index contributed by atoms with van der Waals surface area (Å²) in [6, 6.07) is 7.69. The highest BCUT2D eigenvalue weighted by Gasteiger charge is 2.09. The molecule has 3 nitrogen and oxygen atoms in total. The minimum Gasteiger partial charge on any atom is -0.383 e. The molecule has 16 heavy (non-hydrogen) atoms. The standard InChI is InChI=1S/C11H11ClIN3/c1-7-10(13)11(14)16(15-7)6-8-2-4-9(12)5-3-8/h2-5H,6,14H2,1H3. The topological polar surface area (TPSA) is 43.8 Å². The maximum absolute atomic E-state index is 5.95. The van der Waals surface area contributed by atoms with Crippen molar-refractivity contribution in [1.82, 2.24) is 9.78 Å². The molecular weight excluding hydrogens is 336 g/mol. The Bertz CT molecular complexity index is 505. The van der Waals surface area contributed by atoms with Gasteiger partial charge in [0.15, 0.2) is 0 Å². The highest BCUT2D eigenvalue weighted by molar-refractivity contribution is 14.1. The second-order valence-corrected chi connectivity index (χ2v) is 5.08. The van der Waals surface area contributed by atoms with Gasteiger partial charge in [-0.05, 0) is 47.2 Å². The Morgan fingerprint density at radius 1 is 1.38 bits per heavy atom. The summed E-state index contributed by atoms with van der Waals surface area (Å²) in [4.78, 5) is 0. The number of benzene rings is 1. The van der Waals surface area contributed by atoms with E-state index in [1.54, 1.807) is 4.68 Å². The first-order valence-corrected chi connectivity index (χ1v) is 6.26. The summed E-state index contributed by atoms with van der Waals surface area (Å²) in [5, 5.41) is 5.12. The van der Waals surface area contributed by atoms with E-state index in [4.69, 9.17) is 17.3 Å². The second kappa shape index (κ2) is 4.63. The quantitative estimate of drug-likeness (QED) is 0.849. The lowest BCUT2D eigenvalue weighted by Crippen LogP contribution is -2.06. The fourth-order valence-electron chi connectivity index (χ4n) is 1.46. The van der Waals surface area contributed by atoms with Crippen LogP contribution in [0.4, 0.5) is 5.82 Å². The minimum atomic E-state index is 0.673. The van der Waals surface area contributed by atoms with Gasteiger partial charge in [0.1, 0.15) is 5.82 Å². The molecule has 0 bridgehead atoms. The van der Waals surface area contributed by atoms with E-state index in [-0.39, 0.29) is 0 Å². The van der Waals surface area contributed by atoms with Gasteiger partial charge in [-0.1, -0.05) is 23.7 Å². The number of nitrogen functional groups attached to an aromatic ring is 1. The first-order chi connectivity index (χ1) is 7.58. The van der Waals surface area contributed by atoms with Crippen LogP contribution < -0.4 is 5.73 Å². The van der Waals surface area contributed by atoms with Crippen LogP contribution in [-0.2, 0) is 6.54 Å². The highest BCUT2D eigenvalue weighted by atomic mass is 127. The maximum atomic E-state index is 5.95. The molecule has 0 aliphatic heterocycles. The Balaban J connectivity index is 2.27. The molecule has 1 heterocycles. The summed E-state index contributed by atoms with van der Waals surface area (Å²) in [6.45, 7) is 2.63. The molecule has 1 aromatic carbocycles. The van der Waals surface area contributed by atoms with Crippen LogP contribution >= 0.6 is 34.2 Å². The molecule has 84 valence electrons. The number of aryl methyl sites for hydroxylation is 1.